The number of benzene rings is 2. The van der Waals surface area contributed by atoms with Crippen LogP contribution in [0.3, 0.4) is 0 Å². The molecular weight excluding hydrogens is 356 g/mol. The van der Waals surface area contributed by atoms with Gasteiger partial charge < -0.3 is 10.1 Å². The number of ether oxygens (including phenoxy) is 1. The zero-order valence-electron chi connectivity index (χ0n) is 16.3. The molecule has 1 fully saturated rings. The lowest BCUT2D eigenvalue weighted by molar-refractivity contribution is -0.122. The van der Waals surface area contributed by atoms with Crippen molar-refractivity contribution in [1.29, 1.82) is 0 Å². The van der Waals surface area contributed by atoms with E-state index in [0.717, 1.165) is 30.9 Å². The van der Waals surface area contributed by atoms with Crippen LogP contribution in [0.15, 0.2) is 42.5 Å². The van der Waals surface area contributed by atoms with E-state index in [4.69, 9.17) is 4.74 Å². The minimum absolute atomic E-state index is 0.134. The summed E-state index contributed by atoms with van der Waals surface area (Å²) in [7, 11) is 0. The molecule has 4 nitrogen and oxygen atoms in total. The highest BCUT2D eigenvalue weighted by molar-refractivity contribution is 7.99. The summed E-state index contributed by atoms with van der Waals surface area (Å²) in [5.74, 6) is 2.97. The van der Waals surface area contributed by atoms with Crippen LogP contribution >= 0.6 is 11.8 Å². The van der Waals surface area contributed by atoms with E-state index < -0.39 is 6.10 Å². The number of thioether (sulfide) groups is 1. The van der Waals surface area contributed by atoms with Crippen molar-refractivity contribution in [3.05, 3.63) is 59.2 Å². The van der Waals surface area contributed by atoms with E-state index in [9.17, 15) is 4.79 Å². The molecule has 27 heavy (non-hydrogen) atoms. The van der Waals surface area contributed by atoms with Crippen molar-refractivity contribution in [3.63, 3.8) is 0 Å². The summed E-state index contributed by atoms with van der Waals surface area (Å²) in [5.41, 5.74) is 4.43. The van der Waals surface area contributed by atoms with Crippen LogP contribution in [-0.2, 0) is 11.3 Å². The lowest BCUT2D eigenvalue weighted by Crippen LogP contribution is -2.32. The van der Waals surface area contributed by atoms with Crippen LogP contribution in [-0.4, -0.2) is 41.5 Å². The van der Waals surface area contributed by atoms with Gasteiger partial charge in [0.05, 0.1) is 0 Å². The smallest absolute Gasteiger partial charge is 0.265 e. The summed E-state index contributed by atoms with van der Waals surface area (Å²) in [6.45, 7) is 9.07. The Morgan fingerprint density at radius 2 is 1.85 bits per heavy atom. The Kier molecular flexibility index (Phi) is 6.80. The molecule has 2 aromatic carbocycles. The molecule has 1 heterocycles. The quantitative estimate of drug-likeness (QED) is 0.808. The topological polar surface area (TPSA) is 41.6 Å². The van der Waals surface area contributed by atoms with E-state index in [0.29, 0.717) is 5.75 Å². The average Bonchev–Trinajstić information content (AvgIpc) is 2.67. The SMILES string of the molecule is Cc1ccc(OC(C)C(=O)Nc2cccc(CN3CCSCC3)c2C)cc1. The minimum atomic E-state index is -0.560. The maximum atomic E-state index is 12.6. The summed E-state index contributed by atoms with van der Waals surface area (Å²) in [5, 5.41) is 3.03. The fourth-order valence-corrected chi connectivity index (χ4v) is 4.08. The first kappa shape index (κ1) is 19.8. The Balaban J connectivity index is 1.62. The van der Waals surface area contributed by atoms with E-state index in [1.165, 1.54) is 22.6 Å². The molecule has 1 amide bonds. The molecule has 0 spiro atoms. The second-order valence-corrected chi connectivity index (χ2v) is 8.27. The molecule has 1 unspecified atom stereocenters. The molecule has 0 saturated carbocycles. The number of carbonyl (C=O) groups is 1. The first-order chi connectivity index (χ1) is 13.0. The molecule has 0 aliphatic carbocycles. The zero-order chi connectivity index (χ0) is 19.2. The van der Waals surface area contributed by atoms with Crippen LogP contribution < -0.4 is 10.1 Å². The molecule has 1 saturated heterocycles. The van der Waals surface area contributed by atoms with E-state index in [1.807, 2.05) is 55.1 Å². The number of aryl methyl sites for hydroxylation is 1. The second-order valence-electron chi connectivity index (χ2n) is 7.04. The Morgan fingerprint density at radius 1 is 1.15 bits per heavy atom. The molecule has 5 heteroatoms. The van der Waals surface area contributed by atoms with Gasteiger partial charge in [0.25, 0.3) is 5.91 Å². The van der Waals surface area contributed by atoms with Gasteiger partial charge in [-0.3, -0.25) is 9.69 Å². The molecule has 3 rings (SSSR count). The highest BCUT2D eigenvalue weighted by Gasteiger charge is 2.17. The van der Waals surface area contributed by atoms with Crippen molar-refractivity contribution in [2.45, 2.75) is 33.4 Å². The van der Waals surface area contributed by atoms with Crippen LogP contribution in [0.2, 0.25) is 0 Å². The average molecular weight is 385 g/mol. The minimum Gasteiger partial charge on any atom is -0.481 e. The third-order valence-electron chi connectivity index (χ3n) is 4.90. The van der Waals surface area contributed by atoms with E-state index in [1.54, 1.807) is 6.92 Å². The monoisotopic (exact) mass is 384 g/mol. The van der Waals surface area contributed by atoms with Crippen LogP contribution in [0.5, 0.6) is 5.75 Å². The first-order valence-corrected chi connectivity index (χ1v) is 10.6. The summed E-state index contributed by atoms with van der Waals surface area (Å²) >= 11 is 2.02. The summed E-state index contributed by atoms with van der Waals surface area (Å²) < 4.78 is 5.77. The number of nitrogens with zero attached hydrogens (tertiary/aromatic N) is 1. The van der Waals surface area contributed by atoms with Gasteiger partial charge in [0.2, 0.25) is 0 Å². The molecule has 1 aliphatic heterocycles. The van der Waals surface area contributed by atoms with Crippen molar-refractivity contribution >= 4 is 23.4 Å². The van der Waals surface area contributed by atoms with E-state index in [2.05, 4.69) is 23.2 Å². The number of carbonyl (C=O) groups excluding carboxylic acids is 1. The predicted octanol–water partition coefficient (Wildman–Crippen LogP) is 4.26. The molecule has 0 bridgehead atoms. The van der Waals surface area contributed by atoms with Crippen molar-refractivity contribution in [2.75, 3.05) is 29.9 Å². The van der Waals surface area contributed by atoms with Crippen molar-refractivity contribution in [3.8, 4) is 5.75 Å². The third-order valence-corrected chi connectivity index (χ3v) is 5.85. The van der Waals surface area contributed by atoms with Crippen LogP contribution in [0, 0.1) is 13.8 Å². The normalized spacial score (nSPS) is 16.0. The fraction of sp³-hybridized carbons (Fsp3) is 0.409. The van der Waals surface area contributed by atoms with Gasteiger partial charge in [-0.05, 0) is 50.1 Å². The summed E-state index contributed by atoms with van der Waals surface area (Å²) in [4.78, 5) is 15.1. The Bertz CT molecular complexity index is 770. The number of hydrogen-bond acceptors (Lipinski definition) is 4. The largest absolute Gasteiger partial charge is 0.481 e. The molecule has 1 aliphatic rings. The summed E-state index contributed by atoms with van der Waals surface area (Å²) in [6.07, 6.45) is -0.560. The lowest BCUT2D eigenvalue weighted by atomic mass is 10.1. The Morgan fingerprint density at radius 3 is 2.56 bits per heavy atom. The van der Waals surface area contributed by atoms with Crippen LogP contribution in [0.4, 0.5) is 5.69 Å². The lowest BCUT2D eigenvalue weighted by Gasteiger charge is -2.27. The summed E-state index contributed by atoms with van der Waals surface area (Å²) in [6, 6.07) is 13.9. The number of hydrogen-bond donors (Lipinski definition) is 1. The van der Waals surface area contributed by atoms with Gasteiger partial charge in [-0.25, -0.2) is 0 Å². The second kappa shape index (κ2) is 9.29. The van der Waals surface area contributed by atoms with Gasteiger partial charge >= 0.3 is 0 Å². The van der Waals surface area contributed by atoms with Crippen LogP contribution in [0.25, 0.3) is 0 Å². The molecule has 1 atom stereocenters. The fourth-order valence-electron chi connectivity index (χ4n) is 3.10. The maximum absolute atomic E-state index is 12.6. The zero-order valence-corrected chi connectivity index (χ0v) is 17.1. The Labute approximate surface area is 166 Å². The van der Waals surface area contributed by atoms with Gasteiger partial charge in [-0.1, -0.05) is 29.8 Å². The van der Waals surface area contributed by atoms with Crippen molar-refractivity contribution in [1.82, 2.24) is 4.90 Å². The number of rotatable bonds is 6. The standard InChI is InChI=1S/C22H28N2O2S/c1-16-7-9-20(10-8-16)26-18(3)22(25)23-21-6-4-5-19(17(21)2)15-24-11-13-27-14-12-24/h4-10,18H,11-15H2,1-3H3,(H,23,25). The third kappa shape index (κ3) is 5.50. The highest BCUT2D eigenvalue weighted by atomic mass is 32.2. The predicted molar refractivity (Wildman–Crippen MR) is 114 cm³/mol. The highest BCUT2D eigenvalue weighted by Crippen LogP contribution is 2.22. The van der Waals surface area contributed by atoms with E-state index in [-0.39, 0.29) is 5.91 Å². The maximum Gasteiger partial charge on any atom is 0.265 e. The molecule has 0 aromatic heterocycles. The van der Waals surface area contributed by atoms with Crippen LogP contribution in [0.1, 0.15) is 23.6 Å². The molecular formula is C22H28N2O2S. The molecule has 144 valence electrons. The van der Waals surface area contributed by atoms with Crippen molar-refractivity contribution < 1.29 is 9.53 Å². The van der Waals surface area contributed by atoms with Gasteiger partial charge in [0.1, 0.15) is 5.75 Å². The van der Waals surface area contributed by atoms with Gasteiger partial charge in [0, 0.05) is 36.8 Å². The molecule has 1 N–H and O–H groups in total. The molecule has 2 aromatic rings. The van der Waals surface area contributed by atoms with Gasteiger partial charge in [0.15, 0.2) is 6.10 Å². The van der Waals surface area contributed by atoms with Crippen molar-refractivity contribution in [2.24, 2.45) is 0 Å². The van der Waals surface area contributed by atoms with Gasteiger partial charge in [-0.2, -0.15) is 11.8 Å². The number of nitrogens with one attached hydrogen (secondary N) is 1. The Hall–Kier alpha value is -1.98. The van der Waals surface area contributed by atoms with E-state index >= 15 is 0 Å². The number of anilines is 1. The van der Waals surface area contributed by atoms with Gasteiger partial charge in [-0.15, -0.1) is 0 Å². The first-order valence-electron chi connectivity index (χ1n) is 9.45. The number of amides is 1. The molecule has 0 radical (unpaired) electrons.